The number of fused-ring (bicyclic) bond motifs is 2. The van der Waals surface area contributed by atoms with Crippen LogP contribution in [0.25, 0.3) is 31.8 Å². The van der Waals surface area contributed by atoms with Crippen molar-refractivity contribution in [1.29, 1.82) is 0 Å². The number of sulfonamides is 1. The average molecular weight is 1300 g/mol. The van der Waals surface area contributed by atoms with E-state index in [2.05, 4.69) is 35.3 Å². The van der Waals surface area contributed by atoms with Crippen molar-refractivity contribution in [2.75, 3.05) is 29.1 Å². The first kappa shape index (κ1) is 64.7. The molecule has 4 aliphatic carbocycles. The van der Waals surface area contributed by atoms with Gasteiger partial charge in [-0.2, -0.15) is 5.10 Å². The van der Waals surface area contributed by atoms with Crippen LogP contribution in [-0.2, 0) is 43.9 Å². The first-order valence-electron chi connectivity index (χ1n) is 32.8. The number of thiazole rings is 2. The Balaban J connectivity index is 0.649. The maximum absolute atomic E-state index is 14.6. The number of rotatable bonds is 23. The fourth-order valence-electron chi connectivity index (χ4n) is 15.5. The number of likely N-dealkylation sites (tertiary alicyclic amines) is 1. The highest BCUT2D eigenvalue weighted by atomic mass is 32.2. The van der Waals surface area contributed by atoms with Crippen molar-refractivity contribution >= 4 is 83.4 Å². The molecule has 6 aliphatic rings. The Morgan fingerprint density at radius 3 is 2.23 bits per heavy atom. The van der Waals surface area contributed by atoms with Crippen LogP contribution in [0.1, 0.15) is 173 Å². The van der Waals surface area contributed by atoms with Crippen LogP contribution in [0.2, 0.25) is 0 Å². The van der Waals surface area contributed by atoms with Crippen molar-refractivity contribution in [2.24, 2.45) is 28.6 Å². The standard InChI is InChI=1S/C70H85N11O8S3/c1-42(48-21-23-50(24-22-48)62-43(2)71-41-90-62)73-65(85)57-33-51(82)38-80(57)67(87)63(69(4,5)6)76-60(83)20-11-9-7-8-10-14-29-92(88,89)78-66(86)61-52(54-37-72-81(44(54)3)40-70-34-45-30-46(35-70)32-47(31-45)36-70)25-26-59(75-61)79-28-27-49-16-15-17-53(55(49)39-79)64(84)77-68-74-56-18-12-13-19-58(56)91-68/h12-13,15-19,21-26,37,41-42,45-47,51,57,63,82H,7-11,14,20,27-36,38-40H2,1-6H3,(H,73,85)(H,76,83)(H,78,86)(H,74,77,84)/t42-,45?,46?,47?,51+,57-,63?,70?/m0/s1. The summed E-state index contributed by atoms with van der Waals surface area (Å²) in [6, 6.07) is 22.9. The number of aliphatic hydroxyl groups excluding tert-OH is 1. The van der Waals surface area contributed by atoms with Gasteiger partial charge in [0.05, 0.1) is 50.4 Å². The Morgan fingerprint density at radius 1 is 0.804 bits per heavy atom. The van der Waals surface area contributed by atoms with Gasteiger partial charge in [0.25, 0.3) is 11.8 Å². The summed E-state index contributed by atoms with van der Waals surface area (Å²) in [6.45, 7) is 13.1. The number of hydrogen-bond acceptors (Lipinski definition) is 15. The van der Waals surface area contributed by atoms with Crippen LogP contribution in [-0.4, -0.2) is 110 Å². The number of carbonyl (C=O) groups is 5. The van der Waals surface area contributed by atoms with E-state index in [1.165, 1.54) is 54.8 Å². The third-order valence-electron chi connectivity index (χ3n) is 19.9. The second-order valence-corrected chi connectivity index (χ2v) is 31.6. The Kier molecular flexibility index (Phi) is 18.9. The molecule has 1 saturated heterocycles. The normalized spacial score (nSPS) is 21.7. The lowest BCUT2D eigenvalue weighted by molar-refractivity contribution is -0.144. The van der Waals surface area contributed by atoms with E-state index in [1.807, 2.05) is 131 Å². The number of unbranched alkanes of at least 4 members (excludes halogenated alkanes) is 5. The van der Waals surface area contributed by atoms with E-state index in [-0.39, 0.29) is 60.0 Å². The van der Waals surface area contributed by atoms with E-state index < -0.39 is 45.4 Å². The highest BCUT2D eigenvalue weighted by Gasteiger charge is 2.51. The van der Waals surface area contributed by atoms with E-state index >= 15 is 0 Å². The number of anilines is 2. The molecule has 4 bridgehead atoms. The summed E-state index contributed by atoms with van der Waals surface area (Å²) in [7, 11) is -4.12. The number of para-hydroxylation sites is 1. The molecule has 13 rings (SSSR count). The minimum atomic E-state index is -4.12. The van der Waals surface area contributed by atoms with Crippen LogP contribution >= 0.6 is 22.7 Å². The Morgan fingerprint density at radius 2 is 1.52 bits per heavy atom. The van der Waals surface area contributed by atoms with Gasteiger partial charge in [-0.25, -0.2) is 28.1 Å². The van der Waals surface area contributed by atoms with Crippen LogP contribution in [0.5, 0.6) is 0 Å². The lowest BCUT2D eigenvalue weighted by atomic mass is 9.49. The summed E-state index contributed by atoms with van der Waals surface area (Å²) in [5, 5.41) is 25.2. The molecule has 2 aliphatic heterocycles. The van der Waals surface area contributed by atoms with E-state index in [1.54, 1.807) is 17.5 Å². The van der Waals surface area contributed by atoms with Gasteiger partial charge >= 0.3 is 0 Å². The molecule has 5 N–H and O–H groups in total. The van der Waals surface area contributed by atoms with Crippen molar-refractivity contribution in [1.82, 2.24) is 45.0 Å². The molecule has 5 fully saturated rings. The fraction of sp³-hybridized carbons (Fsp3) is 0.500. The van der Waals surface area contributed by atoms with Crippen molar-refractivity contribution < 1.29 is 37.5 Å². The third kappa shape index (κ3) is 14.4. The minimum Gasteiger partial charge on any atom is -0.391 e. The predicted molar refractivity (Wildman–Crippen MR) is 359 cm³/mol. The minimum absolute atomic E-state index is 0.0216. The Hall–Kier alpha value is -7.40. The number of carbonyl (C=O) groups excluding carboxylic acids is 5. The number of aryl methyl sites for hydroxylation is 1. The molecule has 0 spiro atoms. The lowest BCUT2D eigenvalue weighted by Gasteiger charge is -2.56. The Bertz CT molecular complexity index is 3950. The molecule has 486 valence electrons. The molecule has 4 aromatic heterocycles. The zero-order chi connectivity index (χ0) is 64.6. The zero-order valence-electron chi connectivity index (χ0n) is 53.5. The van der Waals surface area contributed by atoms with E-state index in [0.717, 1.165) is 85.0 Å². The van der Waals surface area contributed by atoms with Crippen LogP contribution < -0.4 is 25.6 Å². The first-order chi connectivity index (χ1) is 44.1. The number of benzene rings is 3. The van der Waals surface area contributed by atoms with Gasteiger partial charge in [0.2, 0.25) is 27.7 Å². The topological polar surface area (TPSA) is 251 Å². The number of pyridine rings is 1. The highest BCUT2D eigenvalue weighted by molar-refractivity contribution is 7.90. The second kappa shape index (κ2) is 26.9. The highest BCUT2D eigenvalue weighted by Crippen LogP contribution is 2.60. The summed E-state index contributed by atoms with van der Waals surface area (Å²) in [5.74, 6) is 0.330. The summed E-state index contributed by atoms with van der Waals surface area (Å²) >= 11 is 2.98. The smallest absolute Gasteiger partial charge is 0.284 e. The molecule has 19 nitrogen and oxygen atoms in total. The van der Waals surface area contributed by atoms with Gasteiger partial charge in [0.15, 0.2) is 5.13 Å². The largest absolute Gasteiger partial charge is 0.391 e. The number of amides is 5. The zero-order valence-corrected chi connectivity index (χ0v) is 56.0. The maximum atomic E-state index is 14.6. The third-order valence-corrected chi connectivity index (χ3v) is 23.1. The summed E-state index contributed by atoms with van der Waals surface area (Å²) in [4.78, 5) is 88.7. The monoisotopic (exact) mass is 1300 g/mol. The quantitative estimate of drug-likeness (QED) is 0.0374. The fourth-order valence-corrected chi connectivity index (χ4v) is 18.3. The summed E-state index contributed by atoms with van der Waals surface area (Å²) in [5.41, 5.74) is 9.48. The molecular weight excluding hydrogens is 1220 g/mol. The molecule has 6 heterocycles. The number of aromatic nitrogens is 5. The summed E-state index contributed by atoms with van der Waals surface area (Å²) < 4.78 is 33.2. The molecule has 5 amide bonds. The van der Waals surface area contributed by atoms with Crippen molar-refractivity contribution in [3.05, 3.63) is 130 Å². The maximum Gasteiger partial charge on any atom is 0.284 e. The molecule has 4 atom stereocenters. The van der Waals surface area contributed by atoms with Gasteiger partial charge in [-0.3, -0.25) is 34.0 Å². The van der Waals surface area contributed by atoms with Crippen LogP contribution in [0, 0.1) is 42.4 Å². The number of aliphatic hydroxyl groups is 1. The van der Waals surface area contributed by atoms with Crippen molar-refractivity contribution in [2.45, 2.75) is 175 Å². The van der Waals surface area contributed by atoms with Crippen molar-refractivity contribution in [3.8, 4) is 21.6 Å². The molecule has 1 unspecified atom stereocenters. The number of nitrogens with one attached hydrogen (secondary N) is 4. The lowest BCUT2D eigenvalue weighted by Crippen LogP contribution is -2.57. The first-order valence-corrected chi connectivity index (χ1v) is 36.1. The molecule has 7 aromatic rings. The molecule has 4 saturated carbocycles. The van der Waals surface area contributed by atoms with Crippen LogP contribution in [0.3, 0.4) is 0 Å². The van der Waals surface area contributed by atoms with E-state index in [9.17, 15) is 37.5 Å². The van der Waals surface area contributed by atoms with Gasteiger partial charge in [-0.1, -0.05) is 106 Å². The SMILES string of the molecule is Cc1ncsc1-c1ccc([C@H](C)NC(=O)[C@@H]2C[C@@H](O)CN2C(=O)C(NC(=O)CCCCCCCCS(=O)(=O)NC(=O)c2nc(N3CCc4cccc(C(=O)Nc5nc6ccccc6s5)c4C3)ccc2-c2cnn(CC34CC5CC(CC(C5)C3)C4)c2C)C(C)(C)C)cc1. The van der Waals surface area contributed by atoms with E-state index in [0.29, 0.717) is 73.7 Å². The average Bonchev–Trinajstić information content (AvgIpc) is 0.973. The molecule has 3 aromatic carbocycles. The van der Waals surface area contributed by atoms with Gasteiger partial charge in [0, 0.05) is 61.4 Å². The molecule has 0 radical (unpaired) electrons. The molecule has 92 heavy (non-hydrogen) atoms. The number of β-amino-alcohol motifs (C(OH)–C–C–N with tert-alkyl or cyclic N) is 1. The Labute approximate surface area is 547 Å². The number of hydrogen-bond donors (Lipinski definition) is 5. The van der Waals surface area contributed by atoms with Gasteiger partial charge in [-0.15, -0.1) is 11.3 Å². The van der Waals surface area contributed by atoms with Crippen molar-refractivity contribution in [3.63, 3.8) is 0 Å². The van der Waals surface area contributed by atoms with Gasteiger partial charge < -0.3 is 25.5 Å². The van der Waals surface area contributed by atoms with Crippen LogP contribution in [0.15, 0.2) is 90.6 Å². The predicted octanol–water partition coefficient (Wildman–Crippen LogP) is 11.5. The van der Waals surface area contributed by atoms with Crippen LogP contribution in [0.4, 0.5) is 10.9 Å². The van der Waals surface area contributed by atoms with Gasteiger partial charge in [-0.05, 0) is 160 Å². The second-order valence-electron chi connectivity index (χ2n) is 27.8. The summed E-state index contributed by atoms with van der Waals surface area (Å²) in [6.07, 6.45) is 13.0. The number of nitrogens with zero attached hydrogens (tertiary/aromatic N) is 7. The molecular formula is C70H85N11O8S3. The van der Waals surface area contributed by atoms with Gasteiger partial charge in [0.1, 0.15) is 23.6 Å². The van der Waals surface area contributed by atoms with E-state index in [4.69, 9.17) is 10.1 Å². The molecule has 22 heteroatoms.